The molecule has 0 saturated carbocycles. The second-order valence-electron chi connectivity index (χ2n) is 15.9. The molecule has 0 amide bonds. The lowest BCUT2D eigenvalue weighted by Gasteiger charge is -2.44. The van der Waals surface area contributed by atoms with Crippen LogP contribution >= 0.6 is 0 Å². The number of carbonyl (C=O) groups excluding carboxylic acids is 1. The predicted octanol–water partition coefficient (Wildman–Crippen LogP) is 11.4. The van der Waals surface area contributed by atoms with Crippen molar-refractivity contribution in [1.29, 1.82) is 0 Å². The van der Waals surface area contributed by atoms with E-state index in [1.165, 1.54) is 50.5 Å². The Balaban J connectivity index is 0.000000306. The van der Waals surface area contributed by atoms with Crippen molar-refractivity contribution in [2.24, 2.45) is 0 Å². The molecular weight excluding hydrogens is 999 g/mol. The number of halogens is 20. The van der Waals surface area contributed by atoms with Crippen LogP contribution in [0.4, 0.5) is 87.8 Å². The van der Waals surface area contributed by atoms with E-state index in [0.29, 0.717) is 12.1 Å². The number of hydrogen-bond acceptors (Lipinski definition) is 2. The molecule has 6 rings (SSSR count). The van der Waals surface area contributed by atoms with Crippen LogP contribution in [0.25, 0.3) is 0 Å². The third kappa shape index (κ3) is 10.6. The number of benzene rings is 5. The van der Waals surface area contributed by atoms with E-state index in [9.17, 15) is 57.5 Å². The van der Waals surface area contributed by atoms with Gasteiger partial charge in [-0.25, -0.2) is 92.8 Å². The predicted molar refractivity (Wildman–Crippen MR) is 215 cm³/mol. The number of hydrogen-bond donors (Lipinski definition) is 0. The smallest absolute Gasteiger partial charge is 0.200 e. The number of ketones is 1. The average Bonchev–Trinajstić information content (AvgIpc) is 3.36. The summed E-state index contributed by atoms with van der Waals surface area (Å²) < 4.78 is 296. The van der Waals surface area contributed by atoms with E-state index in [1.54, 1.807) is 6.20 Å². The first-order chi connectivity index (χ1) is 33.5. The molecule has 380 valence electrons. The molecule has 0 aliphatic carbocycles. The van der Waals surface area contributed by atoms with Crippen molar-refractivity contribution in [2.45, 2.75) is 77.7 Å². The molecule has 0 atom stereocenters. The lowest BCUT2D eigenvalue weighted by Crippen LogP contribution is -2.81. The van der Waals surface area contributed by atoms with Crippen molar-refractivity contribution in [3.8, 4) is 0 Å². The Hall–Kier alpha value is -6.49. The molecular formula is C47H33BF20N2O. The van der Waals surface area contributed by atoms with E-state index < -0.39 is 144 Å². The Morgan fingerprint density at radius 3 is 1.04 bits per heavy atom. The maximum Gasteiger partial charge on any atom is 0.200 e. The molecule has 5 aromatic carbocycles. The zero-order valence-corrected chi connectivity index (χ0v) is 36.3. The quantitative estimate of drug-likeness (QED) is 0.0174. The Labute approximate surface area is 389 Å². The molecule has 0 radical (unpaired) electrons. The first-order valence-corrected chi connectivity index (χ1v) is 21.1. The largest absolute Gasteiger partial charge is 0.292 e. The zero-order valence-electron chi connectivity index (χ0n) is 36.3. The molecule has 0 saturated heterocycles. The summed E-state index contributed by atoms with van der Waals surface area (Å²) in [5.74, 6) is -71.2. The fraction of sp³-hybridized carbons (Fsp3) is 0.255. The van der Waals surface area contributed by atoms with Crippen molar-refractivity contribution in [3.05, 3.63) is 177 Å². The van der Waals surface area contributed by atoms with E-state index in [2.05, 4.69) is 24.0 Å². The lowest BCUT2D eigenvalue weighted by atomic mass is 9.12. The van der Waals surface area contributed by atoms with Gasteiger partial charge in [0, 0.05) is 12.0 Å². The summed E-state index contributed by atoms with van der Waals surface area (Å²) in [5.41, 5.74) is -12.5. The van der Waals surface area contributed by atoms with Crippen LogP contribution < -0.4 is 26.4 Å². The highest BCUT2D eigenvalue weighted by Crippen LogP contribution is 2.31. The summed E-state index contributed by atoms with van der Waals surface area (Å²) >= 11 is 0. The minimum absolute atomic E-state index is 0.162. The third-order valence-electron chi connectivity index (χ3n) is 11.5. The first-order valence-electron chi connectivity index (χ1n) is 21.1. The summed E-state index contributed by atoms with van der Waals surface area (Å²) in [6.07, 6.45) is 10.3. The third-order valence-corrected chi connectivity index (χ3v) is 11.5. The van der Waals surface area contributed by atoms with Gasteiger partial charge >= 0.3 is 0 Å². The van der Waals surface area contributed by atoms with Crippen molar-refractivity contribution in [3.63, 3.8) is 0 Å². The molecule has 0 bridgehead atoms. The molecule has 0 fully saturated rings. The van der Waals surface area contributed by atoms with Crippen LogP contribution in [0.2, 0.25) is 0 Å². The van der Waals surface area contributed by atoms with Crippen LogP contribution in [0.15, 0.2) is 48.9 Å². The highest BCUT2D eigenvalue weighted by atomic mass is 19.2. The molecule has 24 heteroatoms. The molecule has 1 aromatic heterocycles. The van der Waals surface area contributed by atoms with E-state index in [1.807, 2.05) is 35.2 Å². The van der Waals surface area contributed by atoms with Gasteiger partial charge in [-0.3, -0.25) is 4.79 Å². The average molecular weight is 1030 g/mol. The second-order valence-corrected chi connectivity index (χ2v) is 15.9. The lowest BCUT2D eigenvalue weighted by molar-refractivity contribution is -0.689. The van der Waals surface area contributed by atoms with Crippen molar-refractivity contribution >= 4 is 33.8 Å². The van der Waals surface area contributed by atoms with E-state index >= 15 is 35.1 Å². The van der Waals surface area contributed by atoms with Gasteiger partial charge < -0.3 is 0 Å². The number of carbonyl (C=O) groups is 1. The van der Waals surface area contributed by atoms with Crippen LogP contribution in [0, 0.1) is 116 Å². The van der Waals surface area contributed by atoms with Gasteiger partial charge in [-0.2, -0.15) is 4.57 Å². The van der Waals surface area contributed by atoms with Gasteiger partial charge in [0.25, 0.3) is 0 Å². The van der Waals surface area contributed by atoms with E-state index in [4.69, 9.17) is 0 Å². The minimum atomic E-state index is -7.22. The van der Waals surface area contributed by atoms with Gasteiger partial charge in [0.1, 0.15) is 52.7 Å². The second kappa shape index (κ2) is 23.2. The Kier molecular flexibility index (Phi) is 18.1. The monoisotopic (exact) mass is 1030 g/mol. The topological polar surface area (TPSA) is 33.8 Å². The Morgan fingerprint density at radius 2 is 0.718 bits per heavy atom. The van der Waals surface area contributed by atoms with Crippen LogP contribution in [-0.4, -0.2) is 16.9 Å². The van der Waals surface area contributed by atoms with Gasteiger partial charge in [0.2, 0.25) is 0 Å². The van der Waals surface area contributed by atoms with Gasteiger partial charge in [-0.1, -0.05) is 88.6 Å². The molecule has 71 heavy (non-hydrogen) atoms. The van der Waals surface area contributed by atoms with Gasteiger partial charge in [0.05, 0.1) is 6.20 Å². The molecule has 0 aliphatic rings. The van der Waals surface area contributed by atoms with E-state index in [0.717, 1.165) is 19.4 Å². The summed E-state index contributed by atoms with van der Waals surface area (Å²) in [4.78, 5) is 16.6. The highest BCUT2D eigenvalue weighted by molar-refractivity contribution is 7.20. The summed E-state index contributed by atoms with van der Waals surface area (Å²) in [7, 11) is 0. The molecule has 0 spiro atoms. The zero-order chi connectivity index (χ0) is 52.8. The van der Waals surface area contributed by atoms with Crippen molar-refractivity contribution < 1.29 is 97.2 Å². The summed E-state index contributed by atoms with van der Waals surface area (Å²) in [6, 6.07) is 10.3. The molecule has 1 heterocycles. The first kappa shape index (κ1) is 55.4. The molecule has 3 nitrogen and oxygen atoms in total. The fourth-order valence-corrected chi connectivity index (χ4v) is 8.07. The van der Waals surface area contributed by atoms with Gasteiger partial charge in [-0.05, 0) is 6.42 Å². The van der Waals surface area contributed by atoms with Crippen LogP contribution in [-0.2, 0) is 6.54 Å². The molecule has 0 aliphatic heterocycles. The summed E-state index contributed by atoms with van der Waals surface area (Å²) in [6.45, 7) is 3.02. The fourth-order valence-electron chi connectivity index (χ4n) is 8.07. The molecule has 6 aromatic rings. The van der Waals surface area contributed by atoms with Gasteiger partial charge in [0.15, 0.2) is 100 Å². The van der Waals surface area contributed by atoms with Crippen LogP contribution in [0.1, 0.15) is 87.2 Å². The molecule has 0 N–H and O–H groups in total. The Bertz CT molecular complexity index is 2570. The number of rotatable bonds is 17. The highest BCUT2D eigenvalue weighted by Gasteiger charge is 2.52. The van der Waals surface area contributed by atoms with Crippen LogP contribution in [0.3, 0.4) is 0 Å². The summed E-state index contributed by atoms with van der Waals surface area (Å²) in [5, 5.41) is 0. The van der Waals surface area contributed by atoms with Gasteiger partial charge in [-0.15, -0.1) is 21.9 Å². The number of aromatic nitrogens is 2. The maximum absolute atomic E-state index is 15.4. The normalized spacial score (nSPS) is 11.6. The van der Waals surface area contributed by atoms with Crippen molar-refractivity contribution in [2.75, 3.05) is 0 Å². The standard InChI is InChI=1S/C24BF20.C23H33N2O/c26-5-1(6(27)14(35)21(42)13(5)34)25(2-7(28)15(36)22(43)16(37)8(2)29,3-9(30)17(38)23(44)18(39)10(3)31)4-11(32)19(40)24(45)20(41)12(4)33;1-2-3-4-5-6-7-8-9-13-16-23(26)22-20-25(18-17-24-22)19-21-14-11-10-12-15-21/h;10-12,14-15,17-18,20H,2-9,13,16,19H2,1H3/q-1;+1. The SMILES string of the molecule is CCCCCCCCCCCC(=O)c1c[n+](Cc2ccccc2)ccn1.Fc1c(F)c(F)c([B-](c2c(F)c(F)c(F)c(F)c2F)(c2c(F)c(F)c(F)c(F)c2F)c2c(F)c(F)c(F)c(F)c2F)c(F)c1F. The van der Waals surface area contributed by atoms with Crippen LogP contribution in [0.5, 0.6) is 0 Å². The Morgan fingerprint density at radius 1 is 0.423 bits per heavy atom. The minimum Gasteiger partial charge on any atom is -0.292 e. The molecule has 0 unspecified atom stereocenters. The number of unbranched alkanes of at least 4 members (excludes halogenated alkanes) is 8. The van der Waals surface area contributed by atoms with Crippen molar-refractivity contribution in [1.82, 2.24) is 4.98 Å². The van der Waals surface area contributed by atoms with E-state index in [-0.39, 0.29) is 5.78 Å². The number of Topliss-reactive ketones (excluding diaryl/α,β-unsaturated/α-hetero) is 1. The number of nitrogens with zero attached hydrogens (tertiary/aromatic N) is 2. The maximum atomic E-state index is 15.4.